The normalized spacial score (nSPS) is 10.4. The third kappa shape index (κ3) is 1.78. The summed E-state index contributed by atoms with van der Waals surface area (Å²) in [6.07, 6.45) is 0. The summed E-state index contributed by atoms with van der Waals surface area (Å²) in [5, 5.41) is 2.06. The van der Waals surface area contributed by atoms with Crippen molar-refractivity contribution in [1.29, 1.82) is 0 Å². The van der Waals surface area contributed by atoms with Gasteiger partial charge >= 0.3 is 5.97 Å². The summed E-state index contributed by atoms with van der Waals surface area (Å²) in [6, 6.07) is 11.7. The quantitative estimate of drug-likeness (QED) is 0.717. The average Bonchev–Trinajstić information content (AvgIpc) is 2.30. The maximum absolute atomic E-state index is 11.7. The van der Waals surface area contributed by atoms with Crippen LogP contribution in [0.1, 0.15) is 22.8 Å². The largest absolute Gasteiger partial charge is 0.462 e. The SMILES string of the molecule is CCOC(=O)c1ccc(C)c2ccccc12. The molecule has 0 heterocycles. The van der Waals surface area contributed by atoms with E-state index in [-0.39, 0.29) is 5.97 Å². The first-order chi connectivity index (χ1) is 7.74. The number of fused-ring (bicyclic) bond motifs is 1. The minimum absolute atomic E-state index is 0.251. The van der Waals surface area contributed by atoms with Crippen molar-refractivity contribution in [1.82, 2.24) is 0 Å². The number of carbonyl (C=O) groups is 1. The van der Waals surface area contributed by atoms with Crippen molar-refractivity contribution >= 4 is 16.7 Å². The Morgan fingerprint density at radius 2 is 1.81 bits per heavy atom. The summed E-state index contributed by atoms with van der Waals surface area (Å²) < 4.78 is 5.04. The van der Waals surface area contributed by atoms with Crippen LogP contribution in [0.5, 0.6) is 0 Å². The van der Waals surface area contributed by atoms with Gasteiger partial charge in [-0.3, -0.25) is 0 Å². The molecule has 2 aromatic rings. The minimum Gasteiger partial charge on any atom is -0.462 e. The molecule has 16 heavy (non-hydrogen) atoms. The van der Waals surface area contributed by atoms with E-state index in [1.54, 1.807) is 0 Å². The number of ether oxygens (including phenoxy) is 1. The van der Waals surface area contributed by atoms with Gasteiger partial charge in [0, 0.05) is 0 Å². The third-order valence-electron chi connectivity index (χ3n) is 2.64. The number of rotatable bonds is 2. The Morgan fingerprint density at radius 3 is 2.50 bits per heavy atom. The number of esters is 1. The zero-order valence-electron chi connectivity index (χ0n) is 9.49. The monoisotopic (exact) mass is 214 g/mol. The number of hydrogen-bond acceptors (Lipinski definition) is 2. The molecule has 0 aliphatic carbocycles. The van der Waals surface area contributed by atoms with Crippen molar-refractivity contribution < 1.29 is 9.53 Å². The van der Waals surface area contributed by atoms with Crippen LogP contribution in [0.4, 0.5) is 0 Å². The lowest BCUT2D eigenvalue weighted by molar-refractivity contribution is 0.0528. The fourth-order valence-electron chi connectivity index (χ4n) is 1.84. The Balaban J connectivity index is 2.63. The van der Waals surface area contributed by atoms with Gasteiger partial charge in [-0.05, 0) is 36.2 Å². The lowest BCUT2D eigenvalue weighted by Gasteiger charge is -2.07. The molecule has 0 radical (unpaired) electrons. The van der Waals surface area contributed by atoms with E-state index in [0.717, 1.165) is 10.8 Å². The van der Waals surface area contributed by atoms with Crippen LogP contribution in [0.3, 0.4) is 0 Å². The van der Waals surface area contributed by atoms with E-state index >= 15 is 0 Å². The summed E-state index contributed by atoms with van der Waals surface area (Å²) in [7, 11) is 0. The van der Waals surface area contributed by atoms with E-state index in [4.69, 9.17) is 4.74 Å². The topological polar surface area (TPSA) is 26.3 Å². The van der Waals surface area contributed by atoms with Gasteiger partial charge in [-0.2, -0.15) is 0 Å². The van der Waals surface area contributed by atoms with E-state index in [1.807, 2.05) is 50.2 Å². The van der Waals surface area contributed by atoms with E-state index in [0.29, 0.717) is 12.2 Å². The second-order valence-corrected chi connectivity index (χ2v) is 3.70. The fourth-order valence-corrected chi connectivity index (χ4v) is 1.84. The van der Waals surface area contributed by atoms with Crippen molar-refractivity contribution in [2.45, 2.75) is 13.8 Å². The predicted molar refractivity (Wildman–Crippen MR) is 64.6 cm³/mol. The molecule has 0 aromatic heterocycles. The summed E-state index contributed by atoms with van der Waals surface area (Å²) in [5.74, 6) is -0.251. The van der Waals surface area contributed by atoms with Gasteiger partial charge in [0.2, 0.25) is 0 Å². The highest BCUT2D eigenvalue weighted by atomic mass is 16.5. The Hall–Kier alpha value is -1.83. The Morgan fingerprint density at radius 1 is 1.12 bits per heavy atom. The minimum atomic E-state index is -0.251. The third-order valence-corrected chi connectivity index (χ3v) is 2.64. The molecule has 0 unspecified atom stereocenters. The zero-order chi connectivity index (χ0) is 11.5. The molecule has 0 fully saturated rings. The fraction of sp³-hybridized carbons (Fsp3) is 0.214. The molecule has 0 saturated carbocycles. The number of aryl methyl sites for hydroxylation is 1. The van der Waals surface area contributed by atoms with Crippen LogP contribution in [0.2, 0.25) is 0 Å². The molecule has 0 atom stereocenters. The molecule has 0 bridgehead atoms. The molecule has 0 N–H and O–H groups in total. The van der Waals surface area contributed by atoms with E-state index in [2.05, 4.69) is 0 Å². The van der Waals surface area contributed by atoms with Crippen molar-refractivity contribution in [3.05, 3.63) is 47.5 Å². The first kappa shape index (κ1) is 10.7. The molecule has 2 nitrogen and oxygen atoms in total. The van der Waals surface area contributed by atoms with Gasteiger partial charge in [0.1, 0.15) is 0 Å². The summed E-state index contributed by atoms with van der Waals surface area (Å²) in [5.41, 5.74) is 1.81. The van der Waals surface area contributed by atoms with Crippen molar-refractivity contribution in [2.24, 2.45) is 0 Å². The standard InChI is InChI=1S/C14H14O2/c1-3-16-14(15)13-9-8-10(2)11-6-4-5-7-12(11)13/h4-9H,3H2,1-2H3. The van der Waals surface area contributed by atoms with Crippen LogP contribution >= 0.6 is 0 Å². The first-order valence-electron chi connectivity index (χ1n) is 5.39. The smallest absolute Gasteiger partial charge is 0.338 e. The number of hydrogen-bond donors (Lipinski definition) is 0. The summed E-state index contributed by atoms with van der Waals surface area (Å²) >= 11 is 0. The van der Waals surface area contributed by atoms with Crippen molar-refractivity contribution in [3.63, 3.8) is 0 Å². The summed E-state index contributed by atoms with van der Waals surface area (Å²) in [6.45, 7) is 4.26. The van der Waals surface area contributed by atoms with Crippen molar-refractivity contribution in [2.75, 3.05) is 6.61 Å². The highest BCUT2D eigenvalue weighted by Crippen LogP contribution is 2.22. The van der Waals surface area contributed by atoms with Gasteiger partial charge in [0.05, 0.1) is 12.2 Å². The number of benzene rings is 2. The van der Waals surface area contributed by atoms with Gasteiger partial charge in [-0.15, -0.1) is 0 Å². The van der Waals surface area contributed by atoms with Gasteiger partial charge in [0.25, 0.3) is 0 Å². The molecular weight excluding hydrogens is 200 g/mol. The van der Waals surface area contributed by atoms with Crippen LogP contribution in [0.15, 0.2) is 36.4 Å². The lowest BCUT2D eigenvalue weighted by atomic mass is 10.0. The van der Waals surface area contributed by atoms with Gasteiger partial charge in [-0.25, -0.2) is 4.79 Å². The van der Waals surface area contributed by atoms with E-state index < -0.39 is 0 Å². The molecular formula is C14H14O2. The lowest BCUT2D eigenvalue weighted by Crippen LogP contribution is -2.05. The molecule has 2 aromatic carbocycles. The van der Waals surface area contributed by atoms with E-state index in [9.17, 15) is 4.79 Å². The Labute approximate surface area is 94.8 Å². The van der Waals surface area contributed by atoms with Gasteiger partial charge in [0.15, 0.2) is 0 Å². The number of carbonyl (C=O) groups excluding carboxylic acids is 1. The summed E-state index contributed by atoms with van der Waals surface area (Å²) in [4.78, 5) is 11.7. The average molecular weight is 214 g/mol. The predicted octanol–water partition coefficient (Wildman–Crippen LogP) is 3.32. The molecule has 0 saturated heterocycles. The zero-order valence-corrected chi connectivity index (χ0v) is 9.49. The first-order valence-corrected chi connectivity index (χ1v) is 5.39. The molecule has 2 heteroatoms. The second-order valence-electron chi connectivity index (χ2n) is 3.70. The van der Waals surface area contributed by atoms with Crippen LogP contribution in [-0.4, -0.2) is 12.6 Å². The molecule has 0 spiro atoms. The van der Waals surface area contributed by atoms with Crippen LogP contribution in [0, 0.1) is 6.92 Å². The molecule has 0 aliphatic rings. The Bertz CT molecular complexity index is 529. The van der Waals surface area contributed by atoms with Gasteiger partial charge in [-0.1, -0.05) is 30.3 Å². The Kier molecular flexibility index (Phi) is 2.91. The van der Waals surface area contributed by atoms with Crippen molar-refractivity contribution in [3.8, 4) is 0 Å². The second kappa shape index (κ2) is 4.35. The van der Waals surface area contributed by atoms with E-state index in [1.165, 1.54) is 5.56 Å². The molecule has 0 aliphatic heterocycles. The van der Waals surface area contributed by atoms with Crippen LogP contribution in [-0.2, 0) is 4.74 Å². The maximum Gasteiger partial charge on any atom is 0.338 e. The maximum atomic E-state index is 11.7. The highest BCUT2D eigenvalue weighted by molar-refractivity contribution is 6.05. The van der Waals surface area contributed by atoms with Crippen LogP contribution < -0.4 is 0 Å². The molecule has 2 rings (SSSR count). The highest BCUT2D eigenvalue weighted by Gasteiger charge is 2.11. The molecule has 82 valence electrons. The molecule has 0 amide bonds. The van der Waals surface area contributed by atoms with Gasteiger partial charge < -0.3 is 4.74 Å². The van der Waals surface area contributed by atoms with Crippen LogP contribution in [0.25, 0.3) is 10.8 Å².